The fourth-order valence-corrected chi connectivity index (χ4v) is 3.52. The standard InChI is InChI=1S/C18H24FNO2/c19-16-8-6-15(7-9-16)17-13-20(10-11-22-17)18(21)12-14-4-2-1-3-5-14/h6-9,14,17H,1-5,10-13H2. The Hall–Kier alpha value is -1.42. The molecule has 1 amide bonds. The van der Waals surface area contributed by atoms with Crippen LogP contribution in [-0.4, -0.2) is 30.5 Å². The lowest BCUT2D eigenvalue weighted by molar-refractivity contribution is -0.140. The Balaban J connectivity index is 1.57. The lowest BCUT2D eigenvalue weighted by atomic mass is 9.86. The number of carbonyl (C=O) groups is 1. The summed E-state index contributed by atoms with van der Waals surface area (Å²) in [6.45, 7) is 1.80. The fraction of sp³-hybridized carbons (Fsp3) is 0.611. The van der Waals surface area contributed by atoms with E-state index in [1.807, 2.05) is 4.90 Å². The molecule has 2 aliphatic rings. The van der Waals surface area contributed by atoms with Gasteiger partial charge in [0.05, 0.1) is 13.2 Å². The summed E-state index contributed by atoms with van der Waals surface area (Å²) < 4.78 is 18.8. The minimum Gasteiger partial charge on any atom is -0.370 e. The van der Waals surface area contributed by atoms with Crippen LogP contribution in [0, 0.1) is 11.7 Å². The molecule has 1 aromatic rings. The van der Waals surface area contributed by atoms with Gasteiger partial charge < -0.3 is 9.64 Å². The number of hydrogen-bond acceptors (Lipinski definition) is 2. The highest BCUT2D eigenvalue weighted by Crippen LogP contribution is 2.28. The van der Waals surface area contributed by atoms with Crippen LogP contribution in [0.5, 0.6) is 0 Å². The first-order chi connectivity index (χ1) is 10.7. The Bertz CT molecular complexity index is 496. The number of halogens is 1. The van der Waals surface area contributed by atoms with Gasteiger partial charge in [-0.2, -0.15) is 0 Å². The minimum absolute atomic E-state index is 0.135. The molecule has 0 bridgehead atoms. The van der Waals surface area contributed by atoms with Gasteiger partial charge in [-0.15, -0.1) is 0 Å². The van der Waals surface area contributed by atoms with Crippen LogP contribution >= 0.6 is 0 Å². The predicted molar refractivity (Wildman–Crippen MR) is 82.9 cm³/mol. The van der Waals surface area contributed by atoms with Crippen LogP contribution < -0.4 is 0 Å². The third kappa shape index (κ3) is 3.86. The largest absolute Gasteiger partial charge is 0.370 e. The molecule has 1 heterocycles. The Labute approximate surface area is 131 Å². The van der Waals surface area contributed by atoms with Crippen molar-refractivity contribution in [1.29, 1.82) is 0 Å². The Morgan fingerprint density at radius 1 is 1.18 bits per heavy atom. The highest BCUT2D eigenvalue weighted by atomic mass is 19.1. The van der Waals surface area contributed by atoms with Gasteiger partial charge in [0.2, 0.25) is 5.91 Å². The lowest BCUT2D eigenvalue weighted by Crippen LogP contribution is -2.42. The van der Waals surface area contributed by atoms with E-state index in [1.165, 1.54) is 44.2 Å². The Morgan fingerprint density at radius 2 is 1.91 bits per heavy atom. The topological polar surface area (TPSA) is 29.5 Å². The van der Waals surface area contributed by atoms with Gasteiger partial charge in [-0.25, -0.2) is 4.39 Å². The molecule has 1 unspecified atom stereocenters. The van der Waals surface area contributed by atoms with Gasteiger partial charge in [0.25, 0.3) is 0 Å². The lowest BCUT2D eigenvalue weighted by Gasteiger charge is -2.34. The molecule has 3 rings (SSSR count). The summed E-state index contributed by atoms with van der Waals surface area (Å²) in [6, 6.07) is 6.38. The fourth-order valence-electron chi connectivity index (χ4n) is 3.52. The summed E-state index contributed by atoms with van der Waals surface area (Å²) in [6.07, 6.45) is 6.77. The van der Waals surface area contributed by atoms with Crippen LogP contribution in [0.15, 0.2) is 24.3 Å². The van der Waals surface area contributed by atoms with Crippen molar-refractivity contribution >= 4 is 5.91 Å². The second kappa shape index (κ2) is 7.23. The molecule has 1 aliphatic carbocycles. The van der Waals surface area contributed by atoms with Gasteiger partial charge in [-0.05, 0) is 36.5 Å². The van der Waals surface area contributed by atoms with E-state index in [9.17, 15) is 9.18 Å². The zero-order valence-electron chi connectivity index (χ0n) is 13.0. The molecule has 1 aromatic carbocycles. The molecule has 0 spiro atoms. The first kappa shape index (κ1) is 15.5. The van der Waals surface area contributed by atoms with Gasteiger partial charge in [-0.3, -0.25) is 4.79 Å². The van der Waals surface area contributed by atoms with Crippen LogP contribution in [0.3, 0.4) is 0 Å². The van der Waals surface area contributed by atoms with Gasteiger partial charge in [0.15, 0.2) is 0 Å². The highest BCUT2D eigenvalue weighted by Gasteiger charge is 2.27. The molecule has 3 nitrogen and oxygen atoms in total. The first-order valence-corrected chi connectivity index (χ1v) is 8.37. The number of morpholine rings is 1. The van der Waals surface area contributed by atoms with E-state index in [1.54, 1.807) is 12.1 Å². The zero-order chi connectivity index (χ0) is 15.4. The van der Waals surface area contributed by atoms with Crippen molar-refractivity contribution in [2.24, 2.45) is 5.92 Å². The average Bonchev–Trinajstić information content (AvgIpc) is 2.56. The summed E-state index contributed by atoms with van der Waals surface area (Å²) >= 11 is 0. The summed E-state index contributed by atoms with van der Waals surface area (Å²) in [7, 11) is 0. The third-order valence-corrected chi connectivity index (χ3v) is 4.85. The van der Waals surface area contributed by atoms with Crippen molar-refractivity contribution in [3.05, 3.63) is 35.6 Å². The van der Waals surface area contributed by atoms with Gasteiger partial charge in [0, 0.05) is 13.0 Å². The van der Waals surface area contributed by atoms with Crippen LogP contribution in [0.25, 0.3) is 0 Å². The number of carbonyl (C=O) groups excluding carboxylic acids is 1. The van der Waals surface area contributed by atoms with E-state index in [0.29, 0.717) is 32.0 Å². The average molecular weight is 305 g/mol. The quantitative estimate of drug-likeness (QED) is 0.852. The molecule has 0 radical (unpaired) electrons. The van der Waals surface area contributed by atoms with Crippen LogP contribution in [0.1, 0.15) is 50.2 Å². The van der Waals surface area contributed by atoms with Crippen LogP contribution in [0.4, 0.5) is 4.39 Å². The van der Waals surface area contributed by atoms with E-state index in [4.69, 9.17) is 4.74 Å². The normalized spacial score (nSPS) is 23.5. The number of rotatable bonds is 3. The number of amides is 1. The molecule has 22 heavy (non-hydrogen) atoms. The van der Waals surface area contributed by atoms with Crippen molar-refractivity contribution in [3.63, 3.8) is 0 Å². The first-order valence-electron chi connectivity index (χ1n) is 8.37. The van der Waals surface area contributed by atoms with E-state index in [-0.39, 0.29) is 17.8 Å². The van der Waals surface area contributed by atoms with Gasteiger partial charge in [-0.1, -0.05) is 31.4 Å². The molecule has 0 aromatic heterocycles. The monoisotopic (exact) mass is 305 g/mol. The summed E-state index contributed by atoms with van der Waals surface area (Å²) in [4.78, 5) is 14.4. The Morgan fingerprint density at radius 3 is 2.64 bits per heavy atom. The zero-order valence-corrected chi connectivity index (χ0v) is 13.0. The summed E-state index contributed by atoms with van der Waals surface area (Å²) in [5, 5.41) is 0. The summed E-state index contributed by atoms with van der Waals surface area (Å²) in [5.74, 6) is 0.570. The second-order valence-electron chi connectivity index (χ2n) is 6.46. The molecule has 2 fully saturated rings. The molecule has 1 aliphatic heterocycles. The molecule has 4 heteroatoms. The molecular weight excluding hydrogens is 281 g/mol. The van der Waals surface area contributed by atoms with Gasteiger partial charge >= 0.3 is 0 Å². The van der Waals surface area contributed by atoms with Crippen molar-refractivity contribution in [2.45, 2.75) is 44.6 Å². The summed E-state index contributed by atoms with van der Waals surface area (Å²) in [5.41, 5.74) is 0.941. The van der Waals surface area contributed by atoms with Crippen LogP contribution in [-0.2, 0) is 9.53 Å². The maximum Gasteiger partial charge on any atom is 0.223 e. The molecule has 1 saturated heterocycles. The van der Waals surface area contributed by atoms with E-state index in [2.05, 4.69) is 0 Å². The van der Waals surface area contributed by atoms with Crippen molar-refractivity contribution in [3.8, 4) is 0 Å². The Kier molecular flexibility index (Phi) is 5.08. The van der Waals surface area contributed by atoms with Crippen molar-refractivity contribution in [2.75, 3.05) is 19.7 Å². The second-order valence-corrected chi connectivity index (χ2v) is 6.46. The van der Waals surface area contributed by atoms with E-state index < -0.39 is 0 Å². The molecular formula is C18H24FNO2. The van der Waals surface area contributed by atoms with Crippen molar-refractivity contribution < 1.29 is 13.9 Å². The number of ether oxygens (including phenoxy) is 1. The molecule has 120 valence electrons. The predicted octanol–water partition coefficient (Wildman–Crippen LogP) is 3.70. The third-order valence-electron chi connectivity index (χ3n) is 4.85. The SMILES string of the molecule is O=C(CC1CCCCC1)N1CCOC(c2ccc(F)cc2)C1. The highest BCUT2D eigenvalue weighted by molar-refractivity contribution is 5.76. The number of nitrogens with zero attached hydrogens (tertiary/aromatic N) is 1. The maximum atomic E-state index is 13.0. The van der Waals surface area contributed by atoms with Crippen molar-refractivity contribution in [1.82, 2.24) is 4.90 Å². The minimum atomic E-state index is -0.246. The van der Waals surface area contributed by atoms with Crippen LogP contribution in [0.2, 0.25) is 0 Å². The number of benzene rings is 1. The molecule has 1 saturated carbocycles. The van der Waals surface area contributed by atoms with E-state index in [0.717, 1.165) is 5.56 Å². The van der Waals surface area contributed by atoms with Gasteiger partial charge in [0.1, 0.15) is 11.9 Å². The smallest absolute Gasteiger partial charge is 0.223 e. The molecule has 1 atom stereocenters. The maximum absolute atomic E-state index is 13.0. The van der Waals surface area contributed by atoms with E-state index >= 15 is 0 Å². The number of hydrogen-bond donors (Lipinski definition) is 0. The molecule has 0 N–H and O–H groups in total.